The molecule has 0 radical (unpaired) electrons. The number of hydrogen-bond donors (Lipinski definition) is 3. The summed E-state index contributed by atoms with van der Waals surface area (Å²) in [7, 11) is 2.83. The van der Waals surface area contributed by atoms with Crippen LogP contribution in [0.15, 0.2) is 60.8 Å². The highest BCUT2D eigenvalue weighted by Crippen LogP contribution is 2.34. The van der Waals surface area contributed by atoms with Gasteiger partial charge in [-0.15, -0.1) is 0 Å². The number of pyridine rings is 1. The van der Waals surface area contributed by atoms with Crippen LogP contribution in [0, 0.1) is 5.92 Å². The van der Waals surface area contributed by atoms with E-state index in [1.165, 1.54) is 19.8 Å². The van der Waals surface area contributed by atoms with Crippen molar-refractivity contribution in [1.82, 2.24) is 9.55 Å². The number of aryl methyl sites for hydroxylation is 2. The number of anilines is 2. The molecular weight excluding hydrogens is 524 g/mol. The summed E-state index contributed by atoms with van der Waals surface area (Å²) in [6.07, 6.45) is 3.88. The van der Waals surface area contributed by atoms with Gasteiger partial charge in [0.25, 0.3) is 0 Å². The van der Waals surface area contributed by atoms with Crippen LogP contribution in [-0.2, 0) is 33.8 Å². The Bertz CT molecular complexity index is 1530. The minimum absolute atomic E-state index is 0.0524. The van der Waals surface area contributed by atoms with Crippen LogP contribution >= 0.6 is 0 Å². The van der Waals surface area contributed by atoms with Crippen LogP contribution < -0.4 is 15.4 Å². The second-order valence-corrected chi connectivity index (χ2v) is 9.96. The number of methoxy groups -OCH3 is 2. The van der Waals surface area contributed by atoms with Crippen LogP contribution in [-0.4, -0.2) is 54.0 Å². The van der Waals surface area contributed by atoms with Crippen LogP contribution in [0.25, 0.3) is 11.0 Å². The molecule has 1 amide bonds. The van der Waals surface area contributed by atoms with Gasteiger partial charge in [-0.2, -0.15) is 0 Å². The van der Waals surface area contributed by atoms with E-state index in [-0.39, 0.29) is 23.3 Å². The van der Waals surface area contributed by atoms with Crippen molar-refractivity contribution in [1.29, 1.82) is 0 Å². The third-order valence-electron chi connectivity index (χ3n) is 7.26. The summed E-state index contributed by atoms with van der Waals surface area (Å²) in [5.41, 5.74) is 3.93. The largest absolute Gasteiger partial charge is 0.504 e. The average Bonchev–Trinajstić information content (AvgIpc) is 3.64. The normalized spacial score (nSPS) is 14.6. The predicted octanol–water partition coefficient (Wildman–Crippen LogP) is 4.76. The van der Waals surface area contributed by atoms with Crippen molar-refractivity contribution in [2.75, 3.05) is 38.1 Å². The number of benzene rings is 2. The maximum Gasteiger partial charge on any atom is 0.356 e. The van der Waals surface area contributed by atoms with Crippen molar-refractivity contribution in [2.45, 2.75) is 32.4 Å². The molecule has 1 aliphatic heterocycles. The highest BCUT2D eigenvalue weighted by molar-refractivity contribution is 6.11. The number of amides is 1. The third-order valence-corrected chi connectivity index (χ3v) is 7.26. The van der Waals surface area contributed by atoms with Gasteiger partial charge in [0.2, 0.25) is 5.91 Å². The number of rotatable bonds is 11. The zero-order valence-corrected chi connectivity index (χ0v) is 23.2. The van der Waals surface area contributed by atoms with Gasteiger partial charge in [0.1, 0.15) is 5.65 Å². The van der Waals surface area contributed by atoms with Gasteiger partial charge >= 0.3 is 5.97 Å². The smallest absolute Gasteiger partial charge is 0.356 e. The first-order chi connectivity index (χ1) is 20.0. The van der Waals surface area contributed by atoms with E-state index in [0.717, 1.165) is 18.4 Å². The lowest BCUT2D eigenvalue weighted by Crippen LogP contribution is -2.24. The van der Waals surface area contributed by atoms with E-state index in [1.807, 2.05) is 34.9 Å². The summed E-state index contributed by atoms with van der Waals surface area (Å²) in [6, 6.07) is 17.2. The number of aromatic hydroxyl groups is 1. The van der Waals surface area contributed by atoms with E-state index >= 15 is 0 Å². The van der Waals surface area contributed by atoms with E-state index in [9.17, 15) is 14.7 Å². The van der Waals surface area contributed by atoms with Crippen LogP contribution in [0.1, 0.15) is 34.5 Å². The van der Waals surface area contributed by atoms with E-state index in [2.05, 4.69) is 22.8 Å². The topological polar surface area (TPSA) is 124 Å². The van der Waals surface area contributed by atoms with Crippen molar-refractivity contribution in [3.05, 3.63) is 77.6 Å². The lowest BCUT2D eigenvalue weighted by atomic mass is 10.1. The molecule has 2 aromatic heterocycles. The SMILES string of the molecule is COC(=O)c1c(NC(=O)C2CCOC2)c2cc(NCc3ccc(OC)c(O)c3)cnc2n1CCCc1ccccc1. The first kappa shape index (κ1) is 28.0. The number of hydrogen-bond acceptors (Lipinski definition) is 8. The molecule has 1 saturated heterocycles. The van der Waals surface area contributed by atoms with Gasteiger partial charge in [-0.3, -0.25) is 4.79 Å². The number of esters is 1. The highest BCUT2D eigenvalue weighted by Gasteiger charge is 2.29. The summed E-state index contributed by atoms with van der Waals surface area (Å²) in [5.74, 6) is -0.605. The van der Waals surface area contributed by atoms with E-state index < -0.39 is 5.97 Å². The molecule has 10 nitrogen and oxygen atoms in total. The number of phenolic OH excluding ortho intramolecular Hbond substituents is 1. The lowest BCUT2D eigenvalue weighted by Gasteiger charge is -2.12. The van der Waals surface area contributed by atoms with Crippen molar-refractivity contribution >= 4 is 34.3 Å². The molecule has 1 aliphatic rings. The fraction of sp³-hybridized carbons (Fsp3) is 0.323. The van der Waals surface area contributed by atoms with Gasteiger partial charge in [-0.05, 0) is 48.6 Å². The van der Waals surface area contributed by atoms with Gasteiger partial charge in [0.15, 0.2) is 17.2 Å². The standard InChI is InChI=1S/C31H34N4O6/c1-39-26-11-10-21(15-25(26)36)17-32-23-16-24-27(34-30(37)22-12-14-41-19-22)28(31(38)40-2)35(29(24)33-18-23)13-6-9-20-7-4-3-5-8-20/h3-5,7-8,10-11,15-16,18,22,32,36H,6,9,12-14,17,19H2,1-2H3,(H,34,37). The number of carbonyl (C=O) groups excluding carboxylic acids is 2. The van der Waals surface area contributed by atoms with Crippen molar-refractivity contribution in [3.8, 4) is 11.5 Å². The maximum atomic E-state index is 13.2. The molecule has 0 aliphatic carbocycles. The number of ether oxygens (including phenoxy) is 3. The van der Waals surface area contributed by atoms with E-state index in [4.69, 9.17) is 19.2 Å². The lowest BCUT2D eigenvalue weighted by molar-refractivity contribution is -0.119. The number of nitrogens with zero attached hydrogens (tertiary/aromatic N) is 2. The van der Waals surface area contributed by atoms with Crippen molar-refractivity contribution in [2.24, 2.45) is 5.92 Å². The Kier molecular flexibility index (Phi) is 8.69. The number of aromatic nitrogens is 2. The van der Waals surface area contributed by atoms with Crippen LogP contribution in [0.5, 0.6) is 11.5 Å². The molecule has 0 spiro atoms. The molecule has 10 heteroatoms. The first-order valence-corrected chi connectivity index (χ1v) is 13.6. The molecule has 214 valence electrons. The van der Waals surface area contributed by atoms with Crippen LogP contribution in [0.2, 0.25) is 0 Å². The molecule has 5 rings (SSSR count). The van der Waals surface area contributed by atoms with E-state index in [1.54, 1.807) is 18.3 Å². The third kappa shape index (κ3) is 6.28. The Morgan fingerprint density at radius 3 is 2.66 bits per heavy atom. The monoisotopic (exact) mass is 558 g/mol. The average molecular weight is 559 g/mol. The number of phenols is 1. The molecule has 1 unspecified atom stereocenters. The van der Waals surface area contributed by atoms with Crippen molar-refractivity contribution in [3.63, 3.8) is 0 Å². The fourth-order valence-electron chi connectivity index (χ4n) is 5.08. The molecule has 1 fully saturated rings. The molecule has 4 aromatic rings. The predicted molar refractivity (Wildman–Crippen MR) is 155 cm³/mol. The van der Waals surface area contributed by atoms with Crippen LogP contribution in [0.4, 0.5) is 11.4 Å². The molecule has 0 bridgehead atoms. The molecule has 41 heavy (non-hydrogen) atoms. The van der Waals surface area contributed by atoms with Crippen LogP contribution in [0.3, 0.4) is 0 Å². The van der Waals surface area contributed by atoms with Gasteiger partial charge in [0.05, 0.1) is 44.3 Å². The number of fused-ring (bicyclic) bond motifs is 1. The molecular formula is C31H34N4O6. The number of carbonyl (C=O) groups is 2. The Hall–Kier alpha value is -4.57. The Morgan fingerprint density at radius 2 is 1.95 bits per heavy atom. The van der Waals surface area contributed by atoms with Gasteiger partial charge in [-0.25, -0.2) is 9.78 Å². The Labute approximate surface area is 238 Å². The molecule has 2 aromatic carbocycles. The fourth-order valence-corrected chi connectivity index (χ4v) is 5.08. The minimum atomic E-state index is -0.552. The molecule has 3 N–H and O–H groups in total. The van der Waals surface area contributed by atoms with Gasteiger partial charge in [0, 0.05) is 25.1 Å². The molecule has 1 atom stereocenters. The quantitative estimate of drug-likeness (QED) is 0.225. The van der Waals surface area contributed by atoms with Gasteiger partial charge in [-0.1, -0.05) is 36.4 Å². The Morgan fingerprint density at radius 1 is 1.12 bits per heavy atom. The zero-order chi connectivity index (χ0) is 28.8. The second kappa shape index (κ2) is 12.7. The summed E-state index contributed by atoms with van der Waals surface area (Å²) < 4.78 is 17.5. The summed E-state index contributed by atoms with van der Waals surface area (Å²) in [6.45, 7) is 1.78. The minimum Gasteiger partial charge on any atom is -0.504 e. The zero-order valence-electron chi connectivity index (χ0n) is 23.2. The maximum absolute atomic E-state index is 13.2. The van der Waals surface area contributed by atoms with E-state index in [0.29, 0.717) is 60.9 Å². The number of nitrogens with one attached hydrogen (secondary N) is 2. The summed E-state index contributed by atoms with van der Waals surface area (Å²) in [4.78, 5) is 31.0. The van der Waals surface area contributed by atoms with Crippen molar-refractivity contribution < 1.29 is 28.9 Å². The Balaban J connectivity index is 1.48. The second-order valence-electron chi connectivity index (χ2n) is 9.96. The summed E-state index contributed by atoms with van der Waals surface area (Å²) in [5, 5.41) is 17.1. The molecule has 3 heterocycles. The highest BCUT2D eigenvalue weighted by atomic mass is 16.5. The molecule has 0 saturated carbocycles. The first-order valence-electron chi connectivity index (χ1n) is 13.6. The van der Waals surface area contributed by atoms with Gasteiger partial charge < -0.3 is 34.5 Å². The summed E-state index contributed by atoms with van der Waals surface area (Å²) >= 11 is 0.